The lowest BCUT2D eigenvalue weighted by Crippen LogP contribution is -2.39. The number of hydrogen-bond acceptors (Lipinski definition) is 6. The van der Waals surface area contributed by atoms with Crippen LogP contribution in [0.1, 0.15) is 27.9 Å². The monoisotopic (exact) mass is 368 g/mol. The zero-order valence-electron chi connectivity index (χ0n) is 14.4. The van der Waals surface area contributed by atoms with Crippen molar-refractivity contribution < 1.29 is 9.90 Å². The molecule has 0 saturated heterocycles. The van der Waals surface area contributed by atoms with Crippen LogP contribution in [-0.2, 0) is 12.8 Å². The van der Waals surface area contributed by atoms with Gasteiger partial charge in [-0.3, -0.25) is 4.79 Å². The number of benzene rings is 1. The number of nitrogens with one attached hydrogen (secondary N) is 1. The zero-order chi connectivity index (χ0) is 18.4. The second kappa shape index (κ2) is 8.64. The lowest BCUT2D eigenvalue weighted by atomic mass is 10.1. The molecule has 2 aromatic heterocycles. The lowest BCUT2D eigenvalue weighted by molar-refractivity contribution is 0.0919. The SMILES string of the molecule is CCc1nc(-c2ncccn2)sc1C(=O)N[C@H](CO)Cc1ccccc1. The Morgan fingerprint density at radius 1 is 1.19 bits per heavy atom. The van der Waals surface area contributed by atoms with E-state index in [9.17, 15) is 9.90 Å². The summed E-state index contributed by atoms with van der Waals surface area (Å²) in [6, 6.07) is 11.2. The number of rotatable bonds is 7. The minimum absolute atomic E-state index is 0.129. The summed E-state index contributed by atoms with van der Waals surface area (Å²) < 4.78 is 0. The van der Waals surface area contributed by atoms with Crippen molar-refractivity contribution in [3.8, 4) is 10.8 Å². The van der Waals surface area contributed by atoms with Gasteiger partial charge in [-0.05, 0) is 24.5 Å². The number of aromatic nitrogens is 3. The molecule has 0 fully saturated rings. The number of nitrogens with zero attached hydrogens (tertiary/aromatic N) is 3. The summed E-state index contributed by atoms with van der Waals surface area (Å²) in [6.07, 6.45) is 4.50. The van der Waals surface area contributed by atoms with E-state index >= 15 is 0 Å². The summed E-state index contributed by atoms with van der Waals surface area (Å²) in [7, 11) is 0. The van der Waals surface area contributed by atoms with Crippen LogP contribution in [0.5, 0.6) is 0 Å². The van der Waals surface area contributed by atoms with Crippen molar-refractivity contribution in [1.82, 2.24) is 20.3 Å². The van der Waals surface area contributed by atoms with Crippen molar-refractivity contribution in [2.75, 3.05) is 6.61 Å². The molecule has 0 spiro atoms. The van der Waals surface area contributed by atoms with E-state index in [0.29, 0.717) is 34.2 Å². The third-order valence-corrected chi connectivity index (χ3v) is 4.97. The summed E-state index contributed by atoms with van der Waals surface area (Å²) in [5.74, 6) is 0.283. The van der Waals surface area contributed by atoms with E-state index in [4.69, 9.17) is 0 Å². The summed E-state index contributed by atoms with van der Waals surface area (Å²) in [6.45, 7) is 1.82. The zero-order valence-corrected chi connectivity index (χ0v) is 15.2. The average molecular weight is 368 g/mol. The molecule has 0 bridgehead atoms. The Bertz CT molecular complexity index is 852. The Labute approximate surface area is 156 Å². The number of aliphatic hydroxyl groups is 1. The van der Waals surface area contributed by atoms with Crippen molar-refractivity contribution in [3.05, 3.63) is 64.9 Å². The number of carbonyl (C=O) groups excluding carboxylic acids is 1. The normalized spacial score (nSPS) is 11.9. The highest BCUT2D eigenvalue weighted by atomic mass is 32.1. The molecule has 1 aromatic carbocycles. The molecule has 26 heavy (non-hydrogen) atoms. The number of aryl methyl sites for hydroxylation is 1. The molecule has 2 heterocycles. The molecule has 6 nitrogen and oxygen atoms in total. The third-order valence-electron chi connectivity index (χ3n) is 3.88. The van der Waals surface area contributed by atoms with Crippen LogP contribution in [0, 0.1) is 0 Å². The number of hydrogen-bond donors (Lipinski definition) is 2. The Morgan fingerprint density at radius 3 is 2.58 bits per heavy atom. The minimum Gasteiger partial charge on any atom is -0.394 e. The Hall–Kier alpha value is -2.64. The number of thiazole rings is 1. The fourth-order valence-corrected chi connectivity index (χ4v) is 3.59. The molecular weight excluding hydrogens is 348 g/mol. The van der Waals surface area contributed by atoms with Gasteiger partial charge in [0.2, 0.25) is 0 Å². The summed E-state index contributed by atoms with van der Waals surface area (Å²) in [5.41, 5.74) is 1.77. The van der Waals surface area contributed by atoms with E-state index in [0.717, 1.165) is 5.56 Å². The molecule has 1 atom stereocenters. The molecule has 0 unspecified atom stereocenters. The van der Waals surface area contributed by atoms with Crippen LogP contribution in [0.3, 0.4) is 0 Å². The number of amides is 1. The molecule has 3 aromatic rings. The molecule has 3 rings (SSSR count). The standard InChI is InChI=1S/C19H20N4O2S/c1-2-15-16(26-19(23-15)17-20-9-6-10-21-17)18(25)22-14(12-24)11-13-7-4-3-5-8-13/h3-10,14,24H,2,11-12H2,1H3,(H,22,25)/t14-/m0/s1. The maximum absolute atomic E-state index is 12.7. The molecule has 0 aliphatic rings. The van der Waals surface area contributed by atoms with Crippen molar-refractivity contribution in [3.63, 3.8) is 0 Å². The molecule has 134 valence electrons. The molecule has 2 N–H and O–H groups in total. The van der Waals surface area contributed by atoms with Crippen LogP contribution in [0.2, 0.25) is 0 Å². The van der Waals surface area contributed by atoms with Gasteiger partial charge in [0.05, 0.1) is 18.3 Å². The van der Waals surface area contributed by atoms with E-state index in [-0.39, 0.29) is 18.6 Å². The second-order valence-electron chi connectivity index (χ2n) is 5.76. The molecule has 0 aliphatic heterocycles. The van der Waals surface area contributed by atoms with Gasteiger partial charge in [-0.25, -0.2) is 15.0 Å². The van der Waals surface area contributed by atoms with E-state index < -0.39 is 0 Å². The van der Waals surface area contributed by atoms with E-state index in [1.807, 2.05) is 37.3 Å². The summed E-state index contributed by atoms with van der Waals surface area (Å²) in [4.78, 5) is 26.2. The number of aliphatic hydroxyl groups excluding tert-OH is 1. The Kier molecular flexibility index (Phi) is 6.04. The Morgan fingerprint density at radius 2 is 1.92 bits per heavy atom. The maximum Gasteiger partial charge on any atom is 0.263 e. The molecule has 0 aliphatic carbocycles. The molecule has 0 saturated carbocycles. The van der Waals surface area contributed by atoms with Crippen LogP contribution < -0.4 is 5.32 Å². The lowest BCUT2D eigenvalue weighted by Gasteiger charge is -2.16. The largest absolute Gasteiger partial charge is 0.394 e. The predicted octanol–water partition coefficient (Wildman–Crippen LogP) is 2.50. The van der Waals surface area contributed by atoms with Gasteiger partial charge in [0.15, 0.2) is 10.8 Å². The van der Waals surface area contributed by atoms with Crippen LogP contribution in [0.4, 0.5) is 0 Å². The first kappa shape index (κ1) is 18.2. The van der Waals surface area contributed by atoms with Crippen molar-refractivity contribution >= 4 is 17.2 Å². The van der Waals surface area contributed by atoms with Gasteiger partial charge in [-0.2, -0.15) is 0 Å². The first-order valence-electron chi connectivity index (χ1n) is 8.44. The fraction of sp³-hybridized carbons (Fsp3) is 0.263. The predicted molar refractivity (Wildman–Crippen MR) is 101 cm³/mol. The topological polar surface area (TPSA) is 88.0 Å². The fourth-order valence-electron chi connectivity index (χ4n) is 2.58. The van der Waals surface area contributed by atoms with E-state index in [1.54, 1.807) is 18.5 Å². The summed E-state index contributed by atoms with van der Waals surface area (Å²) in [5, 5.41) is 13.2. The van der Waals surface area contributed by atoms with Crippen molar-refractivity contribution in [1.29, 1.82) is 0 Å². The quantitative estimate of drug-likeness (QED) is 0.669. The maximum atomic E-state index is 12.7. The Balaban J connectivity index is 1.77. The molecule has 0 radical (unpaired) electrons. The van der Waals surface area contributed by atoms with Crippen molar-refractivity contribution in [2.24, 2.45) is 0 Å². The van der Waals surface area contributed by atoms with Crippen molar-refractivity contribution in [2.45, 2.75) is 25.8 Å². The highest BCUT2D eigenvalue weighted by Crippen LogP contribution is 2.26. The van der Waals surface area contributed by atoms with Gasteiger partial charge in [-0.15, -0.1) is 11.3 Å². The average Bonchev–Trinajstić information content (AvgIpc) is 3.13. The van der Waals surface area contributed by atoms with Gasteiger partial charge in [0.1, 0.15) is 4.88 Å². The minimum atomic E-state index is -0.354. The first-order valence-corrected chi connectivity index (χ1v) is 9.25. The van der Waals surface area contributed by atoms with Gasteiger partial charge < -0.3 is 10.4 Å². The smallest absolute Gasteiger partial charge is 0.263 e. The number of carbonyl (C=O) groups is 1. The molecule has 1 amide bonds. The van der Waals surface area contributed by atoms with Crippen LogP contribution in [-0.4, -0.2) is 38.6 Å². The van der Waals surface area contributed by atoms with Gasteiger partial charge in [0.25, 0.3) is 5.91 Å². The third kappa shape index (κ3) is 4.30. The van der Waals surface area contributed by atoms with Gasteiger partial charge >= 0.3 is 0 Å². The van der Waals surface area contributed by atoms with Crippen LogP contribution in [0.25, 0.3) is 10.8 Å². The van der Waals surface area contributed by atoms with E-state index in [1.165, 1.54) is 11.3 Å². The second-order valence-corrected chi connectivity index (χ2v) is 6.76. The van der Waals surface area contributed by atoms with Gasteiger partial charge in [0, 0.05) is 12.4 Å². The highest BCUT2D eigenvalue weighted by Gasteiger charge is 2.21. The molecule has 7 heteroatoms. The van der Waals surface area contributed by atoms with E-state index in [2.05, 4.69) is 20.3 Å². The summed E-state index contributed by atoms with van der Waals surface area (Å²) >= 11 is 1.27. The van der Waals surface area contributed by atoms with Crippen LogP contribution >= 0.6 is 11.3 Å². The first-order chi connectivity index (χ1) is 12.7. The van der Waals surface area contributed by atoms with Crippen LogP contribution in [0.15, 0.2) is 48.8 Å². The molecular formula is C19H20N4O2S. The van der Waals surface area contributed by atoms with Gasteiger partial charge in [-0.1, -0.05) is 37.3 Å². The highest BCUT2D eigenvalue weighted by molar-refractivity contribution is 7.17.